The normalized spacial score (nSPS) is 12.7. The number of ether oxygens (including phenoxy) is 1. The van der Waals surface area contributed by atoms with Gasteiger partial charge in [0.1, 0.15) is 10.6 Å². The molecule has 0 bridgehead atoms. The van der Waals surface area contributed by atoms with Gasteiger partial charge < -0.3 is 4.74 Å². The molecule has 1 N–H and O–H groups in total. The van der Waals surface area contributed by atoms with Gasteiger partial charge in [0, 0.05) is 10.2 Å². The third-order valence-electron chi connectivity index (χ3n) is 3.84. The van der Waals surface area contributed by atoms with Crippen molar-refractivity contribution in [3.05, 3.63) is 52.5 Å². The molecule has 0 radical (unpaired) electrons. The Hall–Kier alpha value is -1.53. The van der Waals surface area contributed by atoms with Crippen molar-refractivity contribution in [2.75, 3.05) is 11.3 Å². The van der Waals surface area contributed by atoms with Crippen LogP contribution < -0.4 is 9.46 Å². The maximum absolute atomic E-state index is 12.7. The minimum atomic E-state index is -3.73. The van der Waals surface area contributed by atoms with Gasteiger partial charge >= 0.3 is 0 Å². The first-order valence-corrected chi connectivity index (χ1v) is 10.2. The van der Waals surface area contributed by atoms with E-state index in [9.17, 15) is 8.42 Å². The molecule has 0 saturated heterocycles. The molecule has 2 aromatic carbocycles. The molecule has 0 saturated carbocycles. The van der Waals surface area contributed by atoms with Gasteiger partial charge in [0.25, 0.3) is 10.0 Å². The fraction of sp³-hybridized carbons (Fsp3) is 0.333. The molecule has 130 valence electrons. The molecule has 0 aliphatic heterocycles. The minimum absolute atomic E-state index is 0.115. The van der Waals surface area contributed by atoms with Crippen molar-refractivity contribution in [1.29, 1.82) is 0 Å². The first-order valence-electron chi connectivity index (χ1n) is 7.92. The van der Waals surface area contributed by atoms with E-state index >= 15 is 0 Å². The fourth-order valence-electron chi connectivity index (χ4n) is 2.29. The van der Waals surface area contributed by atoms with Crippen molar-refractivity contribution >= 4 is 31.6 Å². The van der Waals surface area contributed by atoms with Crippen LogP contribution in [0.15, 0.2) is 51.8 Å². The van der Waals surface area contributed by atoms with E-state index in [4.69, 9.17) is 4.74 Å². The van der Waals surface area contributed by atoms with E-state index < -0.39 is 10.0 Å². The summed E-state index contributed by atoms with van der Waals surface area (Å²) in [5.41, 5.74) is 1.72. The number of halogens is 1. The Morgan fingerprint density at radius 3 is 2.38 bits per heavy atom. The van der Waals surface area contributed by atoms with Crippen molar-refractivity contribution in [3.8, 4) is 5.75 Å². The quantitative estimate of drug-likeness (QED) is 0.683. The van der Waals surface area contributed by atoms with Crippen molar-refractivity contribution in [1.82, 2.24) is 0 Å². The Morgan fingerprint density at radius 2 is 1.79 bits per heavy atom. The Bertz CT molecular complexity index is 788. The highest BCUT2D eigenvalue weighted by molar-refractivity contribution is 9.10. The van der Waals surface area contributed by atoms with Gasteiger partial charge in [-0.05, 0) is 55.2 Å². The number of rotatable bonds is 7. The smallest absolute Gasteiger partial charge is 0.265 e. The maximum atomic E-state index is 12.7. The minimum Gasteiger partial charge on any atom is -0.492 e. The van der Waals surface area contributed by atoms with Crippen LogP contribution >= 0.6 is 15.9 Å². The van der Waals surface area contributed by atoms with E-state index in [2.05, 4.69) is 34.5 Å². The van der Waals surface area contributed by atoms with Crippen molar-refractivity contribution in [2.45, 2.75) is 38.0 Å². The predicted octanol–water partition coefficient (Wildman–Crippen LogP) is 5.16. The van der Waals surface area contributed by atoms with E-state index in [1.807, 2.05) is 19.1 Å². The van der Waals surface area contributed by atoms with Crippen LogP contribution in [0.25, 0.3) is 0 Å². The lowest BCUT2D eigenvalue weighted by molar-refractivity contribution is 0.331. The van der Waals surface area contributed by atoms with E-state index in [0.29, 0.717) is 28.4 Å². The molecule has 0 heterocycles. The molecule has 0 spiro atoms. The molecule has 0 aromatic heterocycles. The molecular weight excluding hydrogens is 390 g/mol. The van der Waals surface area contributed by atoms with Gasteiger partial charge in [-0.25, -0.2) is 8.42 Å². The van der Waals surface area contributed by atoms with Crippen LogP contribution in [0.3, 0.4) is 0 Å². The number of hydrogen-bond acceptors (Lipinski definition) is 3. The average molecular weight is 412 g/mol. The van der Waals surface area contributed by atoms with Crippen LogP contribution in [0.2, 0.25) is 0 Å². The van der Waals surface area contributed by atoms with Crippen LogP contribution in [0.5, 0.6) is 5.75 Å². The van der Waals surface area contributed by atoms with Crippen LogP contribution in [0.1, 0.15) is 38.7 Å². The third-order valence-corrected chi connectivity index (χ3v) is 5.74. The fourth-order valence-corrected chi connectivity index (χ4v) is 4.04. The lowest BCUT2D eigenvalue weighted by atomic mass is 9.99. The molecule has 1 atom stereocenters. The number of benzene rings is 2. The van der Waals surface area contributed by atoms with Crippen LogP contribution in [0, 0.1) is 0 Å². The SMILES string of the molecule is CCOc1ccc(Br)cc1S(=O)(=O)Nc1ccc([C@@H](C)CC)cc1. The Morgan fingerprint density at radius 1 is 1.12 bits per heavy atom. The second-order valence-corrected chi connectivity index (χ2v) is 8.13. The first-order chi connectivity index (χ1) is 11.4. The molecule has 24 heavy (non-hydrogen) atoms. The second kappa shape index (κ2) is 8.03. The molecule has 0 amide bonds. The molecule has 2 rings (SSSR count). The zero-order valence-electron chi connectivity index (χ0n) is 14.0. The summed E-state index contributed by atoms with van der Waals surface area (Å²) in [5.74, 6) is 0.787. The van der Waals surface area contributed by atoms with Crippen molar-refractivity contribution in [3.63, 3.8) is 0 Å². The zero-order valence-corrected chi connectivity index (χ0v) is 16.4. The van der Waals surface area contributed by atoms with Gasteiger partial charge in [-0.1, -0.05) is 41.9 Å². The summed E-state index contributed by atoms with van der Waals surface area (Å²) in [7, 11) is -3.73. The van der Waals surface area contributed by atoms with Crippen LogP contribution in [-0.2, 0) is 10.0 Å². The molecule has 0 fully saturated rings. The summed E-state index contributed by atoms with van der Waals surface area (Å²) in [6.45, 7) is 6.49. The van der Waals surface area contributed by atoms with E-state index in [0.717, 1.165) is 6.42 Å². The summed E-state index contributed by atoms with van der Waals surface area (Å²) in [4.78, 5) is 0.115. The monoisotopic (exact) mass is 411 g/mol. The summed E-state index contributed by atoms with van der Waals surface area (Å²) >= 11 is 3.31. The molecule has 6 heteroatoms. The lowest BCUT2D eigenvalue weighted by Gasteiger charge is -2.14. The van der Waals surface area contributed by atoms with Gasteiger partial charge in [0.2, 0.25) is 0 Å². The lowest BCUT2D eigenvalue weighted by Crippen LogP contribution is -2.14. The highest BCUT2D eigenvalue weighted by Gasteiger charge is 2.20. The van der Waals surface area contributed by atoms with Gasteiger partial charge in [-0.3, -0.25) is 4.72 Å². The first kappa shape index (κ1) is 18.8. The number of anilines is 1. The summed E-state index contributed by atoms with van der Waals surface area (Å²) < 4.78 is 34.2. The molecule has 0 unspecified atom stereocenters. The van der Waals surface area contributed by atoms with Gasteiger partial charge in [0.05, 0.1) is 6.61 Å². The Balaban J connectivity index is 2.30. The van der Waals surface area contributed by atoms with E-state index in [1.54, 1.807) is 30.3 Å². The second-order valence-electron chi connectivity index (χ2n) is 5.56. The van der Waals surface area contributed by atoms with Crippen LogP contribution in [0.4, 0.5) is 5.69 Å². The molecule has 4 nitrogen and oxygen atoms in total. The highest BCUT2D eigenvalue weighted by Crippen LogP contribution is 2.29. The van der Waals surface area contributed by atoms with Crippen LogP contribution in [-0.4, -0.2) is 15.0 Å². The van der Waals surface area contributed by atoms with E-state index in [-0.39, 0.29) is 4.90 Å². The standard InChI is InChI=1S/C18H22BrNO3S/c1-4-13(3)14-6-9-16(10-7-14)20-24(21,22)18-12-15(19)8-11-17(18)23-5-2/h6-13,20H,4-5H2,1-3H3/t13-/m0/s1. The molecule has 0 aliphatic carbocycles. The zero-order chi connectivity index (χ0) is 17.7. The van der Waals surface area contributed by atoms with Gasteiger partial charge in [0.15, 0.2) is 0 Å². The largest absolute Gasteiger partial charge is 0.492 e. The topological polar surface area (TPSA) is 55.4 Å². The highest BCUT2D eigenvalue weighted by atomic mass is 79.9. The average Bonchev–Trinajstić information content (AvgIpc) is 2.56. The molecule has 0 aliphatic rings. The third kappa shape index (κ3) is 4.51. The summed E-state index contributed by atoms with van der Waals surface area (Å²) in [5, 5.41) is 0. The van der Waals surface area contributed by atoms with Gasteiger partial charge in [-0.2, -0.15) is 0 Å². The predicted molar refractivity (Wildman–Crippen MR) is 101 cm³/mol. The van der Waals surface area contributed by atoms with Gasteiger partial charge in [-0.15, -0.1) is 0 Å². The number of hydrogen-bond donors (Lipinski definition) is 1. The number of nitrogens with one attached hydrogen (secondary N) is 1. The van der Waals surface area contributed by atoms with Crippen molar-refractivity contribution < 1.29 is 13.2 Å². The van der Waals surface area contributed by atoms with E-state index in [1.165, 1.54) is 5.56 Å². The Labute approximate surface area is 152 Å². The summed E-state index contributed by atoms with van der Waals surface area (Å²) in [6, 6.07) is 12.4. The number of sulfonamides is 1. The summed E-state index contributed by atoms with van der Waals surface area (Å²) in [6.07, 6.45) is 1.04. The van der Waals surface area contributed by atoms with Crippen molar-refractivity contribution in [2.24, 2.45) is 0 Å². The maximum Gasteiger partial charge on any atom is 0.265 e. The molecular formula is C18H22BrNO3S. The molecule has 2 aromatic rings. The Kier molecular flexibility index (Phi) is 6.29.